The zero-order valence-electron chi connectivity index (χ0n) is 25.5. The molecule has 1 heterocycles. The van der Waals surface area contributed by atoms with Crippen LogP contribution in [0.1, 0.15) is 38.3 Å². The Kier molecular flexibility index (Phi) is 9.53. The van der Waals surface area contributed by atoms with Crippen molar-refractivity contribution in [2.75, 3.05) is 11.9 Å². The second kappa shape index (κ2) is 13.9. The summed E-state index contributed by atoms with van der Waals surface area (Å²) in [6.07, 6.45) is 3.92. The fourth-order valence-electron chi connectivity index (χ4n) is 4.88. The van der Waals surface area contributed by atoms with Gasteiger partial charge in [-0.3, -0.25) is 14.6 Å². The van der Waals surface area contributed by atoms with E-state index in [1.165, 1.54) is 6.20 Å². The van der Waals surface area contributed by atoms with Gasteiger partial charge in [0.2, 0.25) is 5.91 Å². The van der Waals surface area contributed by atoms with Crippen LogP contribution >= 0.6 is 0 Å². The van der Waals surface area contributed by atoms with Crippen LogP contribution in [0.25, 0.3) is 22.4 Å². The highest BCUT2D eigenvalue weighted by Gasteiger charge is 2.29. The van der Waals surface area contributed by atoms with E-state index in [-0.39, 0.29) is 12.3 Å². The number of hydrogen-bond acceptors (Lipinski definition) is 6. The number of ether oxygens (including phenoxy) is 2. The number of hydrogen-bond donors (Lipinski definition) is 2. The first-order valence-corrected chi connectivity index (χ1v) is 14.8. The van der Waals surface area contributed by atoms with Crippen molar-refractivity contribution in [3.63, 3.8) is 0 Å². The Balaban J connectivity index is 1.25. The number of benzene rings is 4. The van der Waals surface area contributed by atoms with E-state index >= 15 is 0 Å². The van der Waals surface area contributed by atoms with Crippen LogP contribution < -0.4 is 14.8 Å². The summed E-state index contributed by atoms with van der Waals surface area (Å²) in [5.41, 5.74) is 4.10. The van der Waals surface area contributed by atoms with Crippen LogP contribution in [0.4, 0.5) is 5.82 Å². The first-order valence-electron chi connectivity index (χ1n) is 14.8. The molecular formula is C37H35N3O5. The van der Waals surface area contributed by atoms with Gasteiger partial charge in [-0.2, -0.15) is 0 Å². The molecule has 1 aromatic heterocycles. The minimum absolute atomic E-state index is 0.181. The van der Waals surface area contributed by atoms with E-state index in [4.69, 9.17) is 9.47 Å². The Hall–Kier alpha value is -5.50. The Morgan fingerprint density at radius 3 is 2.33 bits per heavy atom. The van der Waals surface area contributed by atoms with Crippen LogP contribution in [0, 0.1) is 0 Å². The molecular weight excluding hydrogens is 566 g/mol. The quantitative estimate of drug-likeness (QED) is 0.149. The Morgan fingerprint density at radius 2 is 1.58 bits per heavy atom. The summed E-state index contributed by atoms with van der Waals surface area (Å²) in [6, 6.07) is 30.5. The topological polar surface area (TPSA) is 111 Å². The highest BCUT2D eigenvalue weighted by atomic mass is 16.5. The van der Waals surface area contributed by atoms with Gasteiger partial charge in [0.15, 0.2) is 17.3 Å². The van der Waals surface area contributed by atoms with Crippen LogP contribution in [-0.4, -0.2) is 33.6 Å². The van der Waals surface area contributed by atoms with Crippen LogP contribution in [0.2, 0.25) is 0 Å². The van der Waals surface area contributed by atoms with Crippen molar-refractivity contribution < 1.29 is 24.2 Å². The summed E-state index contributed by atoms with van der Waals surface area (Å²) >= 11 is 0. The van der Waals surface area contributed by atoms with Crippen molar-refractivity contribution in [2.45, 2.75) is 39.0 Å². The molecule has 0 radical (unpaired) electrons. The summed E-state index contributed by atoms with van der Waals surface area (Å²) in [6.45, 7) is 5.83. The smallest absolute Gasteiger partial charge is 0.313 e. The third-order valence-electron chi connectivity index (χ3n) is 7.50. The Labute approximate surface area is 262 Å². The monoisotopic (exact) mass is 601 g/mol. The number of carboxylic acids is 1. The molecule has 0 saturated carbocycles. The summed E-state index contributed by atoms with van der Waals surface area (Å²) < 4.78 is 11.8. The maximum Gasteiger partial charge on any atom is 0.313 e. The number of aromatic nitrogens is 2. The fourth-order valence-corrected chi connectivity index (χ4v) is 4.88. The largest absolute Gasteiger partial charge is 0.490 e. The maximum absolute atomic E-state index is 13.0. The zero-order valence-corrected chi connectivity index (χ0v) is 25.5. The number of carbonyl (C=O) groups is 2. The molecule has 0 aliphatic carbocycles. The van der Waals surface area contributed by atoms with Gasteiger partial charge < -0.3 is 19.9 Å². The van der Waals surface area contributed by atoms with Gasteiger partial charge in [0.1, 0.15) is 5.75 Å². The molecule has 0 spiro atoms. The molecule has 0 fully saturated rings. The third-order valence-corrected chi connectivity index (χ3v) is 7.50. The van der Waals surface area contributed by atoms with Crippen LogP contribution in [-0.2, 0) is 21.4 Å². The standard InChI is InChI=1S/C37H35N3O5/c1-4-44-32-14-7-8-15-33(32)45-29-12-9-11-27(22-29)31-23-38-24-34(39-31)40-35(41)21-18-25-10-5-6-13-30(25)26-16-19-28(20-17-26)37(2,3)36(42)43/h5-17,19-20,22-24H,4,18,21H2,1-3H3,(H,42,43)(H,39,40,41). The highest BCUT2D eigenvalue weighted by Crippen LogP contribution is 2.33. The Bertz CT molecular complexity index is 1800. The summed E-state index contributed by atoms with van der Waals surface area (Å²) in [4.78, 5) is 33.5. The lowest BCUT2D eigenvalue weighted by Gasteiger charge is -2.20. The minimum Gasteiger partial charge on any atom is -0.490 e. The van der Waals surface area contributed by atoms with E-state index in [1.54, 1.807) is 20.0 Å². The molecule has 228 valence electrons. The van der Waals surface area contributed by atoms with E-state index in [9.17, 15) is 14.7 Å². The maximum atomic E-state index is 13.0. The number of anilines is 1. The molecule has 8 heteroatoms. The zero-order chi connectivity index (χ0) is 31.8. The number of para-hydroxylation sites is 2. The molecule has 0 bridgehead atoms. The first kappa shape index (κ1) is 30.9. The molecule has 0 atom stereocenters. The lowest BCUT2D eigenvalue weighted by Crippen LogP contribution is -2.28. The second-order valence-electron chi connectivity index (χ2n) is 11.0. The molecule has 5 aromatic rings. The third kappa shape index (κ3) is 7.54. The number of amides is 1. The van der Waals surface area contributed by atoms with Crippen molar-refractivity contribution in [3.8, 4) is 39.6 Å². The molecule has 2 N–H and O–H groups in total. The number of rotatable bonds is 12. The van der Waals surface area contributed by atoms with Gasteiger partial charge in [0.25, 0.3) is 0 Å². The van der Waals surface area contributed by atoms with Crippen molar-refractivity contribution >= 4 is 17.7 Å². The second-order valence-corrected chi connectivity index (χ2v) is 11.0. The molecule has 5 rings (SSSR count). The van der Waals surface area contributed by atoms with E-state index in [1.807, 2.05) is 104 Å². The van der Waals surface area contributed by atoms with Gasteiger partial charge in [-0.15, -0.1) is 0 Å². The summed E-state index contributed by atoms with van der Waals surface area (Å²) in [5.74, 6) is 1.20. The van der Waals surface area contributed by atoms with Crippen molar-refractivity contribution in [2.24, 2.45) is 0 Å². The van der Waals surface area contributed by atoms with Gasteiger partial charge in [0.05, 0.1) is 30.1 Å². The van der Waals surface area contributed by atoms with E-state index in [0.29, 0.717) is 41.8 Å². The lowest BCUT2D eigenvalue weighted by atomic mass is 9.84. The summed E-state index contributed by atoms with van der Waals surface area (Å²) in [7, 11) is 0. The molecule has 0 saturated heterocycles. The normalized spacial score (nSPS) is 11.1. The van der Waals surface area contributed by atoms with E-state index < -0.39 is 11.4 Å². The molecule has 45 heavy (non-hydrogen) atoms. The SMILES string of the molecule is CCOc1ccccc1Oc1cccc(-c2cncc(NC(=O)CCc3ccccc3-c3ccc(C(C)(C)C(=O)O)cc3)n2)c1. The molecule has 0 aliphatic rings. The van der Waals surface area contributed by atoms with Gasteiger partial charge in [-0.1, -0.05) is 72.8 Å². The van der Waals surface area contributed by atoms with Crippen LogP contribution in [0.3, 0.4) is 0 Å². The molecule has 0 unspecified atom stereocenters. The minimum atomic E-state index is -0.983. The Morgan fingerprint density at radius 1 is 0.844 bits per heavy atom. The van der Waals surface area contributed by atoms with E-state index in [0.717, 1.165) is 27.8 Å². The molecule has 4 aromatic carbocycles. The van der Waals surface area contributed by atoms with Gasteiger partial charge in [-0.05, 0) is 73.7 Å². The van der Waals surface area contributed by atoms with Gasteiger partial charge in [0, 0.05) is 12.0 Å². The predicted octanol–water partition coefficient (Wildman–Crippen LogP) is 7.94. The molecule has 8 nitrogen and oxygen atoms in total. The van der Waals surface area contributed by atoms with Crippen molar-refractivity contribution in [1.29, 1.82) is 0 Å². The van der Waals surface area contributed by atoms with E-state index in [2.05, 4.69) is 15.3 Å². The van der Waals surface area contributed by atoms with Crippen LogP contribution in [0.15, 0.2) is 109 Å². The predicted molar refractivity (Wildman–Crippen MR) is 175 cm³/mol. The van der Waals surface area contributed by atoms with Gasteiger partial charge in [-0.25, -0.2) is 4.98 Å². The molecule has 0 aliphatic heterocycles. The number of carbonyl (C=O) groups excluding carboxylic acids is 1. The van der Waals surface area contributed by atoms with Crippen molar-refractivity contribution in [3.05, 3.63) is 121 Å². The lowest BCUT2D eigenvalue weighted by molar-refractivity contribution is -0.142. The number of nitrogens with one attached hydrogen (secondary N) is 1. The average molecular weight is 602 g/mol. The van der Waals surface area contributed by atoms with Crippen LogP contribution in [0.5, 0.6) is 17.2 Å². The first-order chi connectivity index (χ1) is 21.7. The highest BCUT2D eigenvalue weighted by molar-refractivity contribution is 5.90. The fraction of sp³-hybridized carbons (Fsp3) is 0.189. The number of nitrogens with zero attached hydrogens (tertiary/aromatic N) is 2. The van der Waals surface area contributed by atoms with Crippen molar-refractivity contribution in [1.82, 2.24) is 9.97 Å². The number of carboxylic acid groups (broad SMARTS) is 1. The average Bonchev–Trinajstić information content (AvgIpc) is 3.05. The number of aliphatic carboxylic acids is 1. The number of aryl methyl sites for hydroxylation is 1. The van der Waals surface area contributed by atoms with Gasteiger partial charge >= 0.3 is 5.97 Å². The molecule has 1 amide bonds. The summed E-state index contributed by atoms with van der Waals surface area (Å²) in [5, 5.41) is 12.4.